The largest absolute Gasteiger partial charge is 0.352 e. The van der Waals surface area contributed by atoms with Crippen molar-refractivity contribution in [2.75, 3.05) is 26.7 Å². The lowest BCUT2D eigenvalue weighted by atomic mass is 10.0. The molecule has 13 nitrogen and oxygen atoms in total. The van der Waals surface area contributed by atoms with E-state index < -0.39 is 11.9 Å². The van der Waals surface area contributed by atoms with Crippen LogP contribution >= 0.6 is 0 Å². The van der Waals surface area contributed by atoms with Crippen LogP contribution in [0.25, 0.3) is 28.3 Å². The van der Waals surface area contributed by atoms with Crippen LogP contribution in [0, 0.1) is 0 Å². The predicted molar refractivity (Wildman–Crippen MR) is 268 cm³/mol. The molecule has 4 rings (SSSR count). The van der Waals surface area contributed by atoms with Gasteiger partial charge in [-0.1, -0.05) is 77.3 Å². The summed E-state index contributed by atoms with van der Waals surface area (Å²) < 4.78 is 0. The molecule has 0 radical (unpaired) electrons. The maximum atomic E-state index is 13.0. The first-order chi connectivity index (χ1) is 31.6. The minimum atomic E-state index is -0.697. The first-order valence-electron chi connectivity index (χ1n) is 21.8. The minimum absolute atomic E-state index is 0.0545. The number of carbonyl (C=O) groups is 4. The second-order valence-electron chi connectivity index (χ2n) is 13.6. The molecule has 1 atom stereocenters. The summed E-state index contributed by atoms with van der Waals surface area (Å²) in [6, 6.07) is 10.5. The van der Waals surface area contributed by atoms with Crippen molar-refractivity contribution in [3.05, 3.63) is 163 Å². The van der Waals surface area contributed by atoms with Gasteiger partial charge in [0.2, 0.25) is 5.91 Å². The quantitative estimate of drug-likeness (QED) is 0.0197. The van der Waals surface area contributed by atoms with E-state index in [1.165, 1.54) is 6.20 Å². The van der Waals surface area contributed by atoms with E-state index in [2.05, 4.69) is 66.1 Å². The molecule has 1 unspecified atom stereocenters. The summed E-state index contributed by atoms with van der Waals surface area (Å²) in [5.41, 5.74) is 7.02. The molecule has 13 heteroatoms. The van der Waals surface area contributed by atoms with Gasteiger partial charge in [-0.25, -0.2) is 0 Å². The summed E-state index contributed by atoms with van der Waals surface area (Å²) >= 11 is 0. The molecule has 0 aliphatic carbocycles. The van der Waals surface area contributed by atoms with Crippen molar-refractivity contribution in [2.24, 2.45) is 4.99 Å². The van der Waals surface area contributed by atoms with Crippen molar-refractivity contribution >= 4 is 47.9 Å². The van der Waals surface area contributed by atoms with E-state index in [9.17, 15) is 19.2 Å². The molecule has 0 saturated heterocycles. The number of aliphatic imine (C=N–C) groups is 1. The second-order valence-corrected chi connectivity index (χ2v) is 13.6. The van der Waals surface area contributed by atoms with Crippen molar-refractivity contribution < 1.29 is 19.2 Å². The number of aldehydes is 1. The Kier molecular flexibility index (Phi) is 29.4. The Labute approximate surface area is 386 Å². The van der Waals surface area contributed by atoms with E-state index >= 15 is 0 Å². The lowest BCUT2D eigenvalue weighted by Gasteiger charge is -2.13. The van der Waals surface area contributed by atoms with Gasteiger partial charge in [-0.15, -0.1) is 0 Å². The average Bonchev–Trinajstić information content (AvgIpc) is 3.36. The number of hydrogen-bond donors (Lipinski definition) is 4. The third kappa shape index (κ3) is 21.6. The molecule has 344 valence electrons. The molecule has 0 aliphatic rings. The number of amides is 3. The number of pyridine rings is 4. The number of carbonyl (C=O) groups excluding carboxylic acids is 4. The number of hydrogen-bond acceptors (Lipinski definition) is 10. The predicted octanol–water partition coefficient (Wildman–Crippen LogP) is 8.83. The van der Waals surface area contributed by atoms with Gasteiger partial charge in [0.1, 0.15) is 6.29 Å². The van der Waals surface area contributed by atoms with Crippen LogP contribution in [0.4, 0.5) is 0 Å². The highest BCUT2D eigenvalue weighted by atomic mass is 16.2. The highest BCUT2D eigenvalue weighted by molar-refractivity contribution is 5.99. The zero-order chi connectivity index (χ0) is 48.2. The van der Waals surface area contributed by atoms with Gasteiger partial charge in [-0.3, -0.25) is 39.3 Å². The third-order valence-corrected chi connectivity index (χ3v) is 8.86. The normalized spacial score (nSPS) is 11.5. The smallest absolute Gasteiger partial charge is 0.253 e. The van der Waals surface area contributed by atoms with Gasteiger partial charge in [0.25, 0.3) is 11.8 Å². The van der Waals surface area contributed by atoms with Gasteiger partial charge in [-0.2, -0.15) is 0 Å². The Morgan fingerprint density at radius 1 is 0.769 bits per heavy atom. The number of unbranched alkanes of at least 4 members (excludes halogenated alkanes) is 1. The number of rotatable bonds is 22. The molecule has 4 aromatic rings. The SMILES string of the molecule is C=C(C)C(=O)NCCCNC.C=C/C(=C\C(=C/C)C(=O)NCCCCC(C=O)NC(=O)c1cncc(C(/C=C/c2cccnc2)=C/N=C)c1)c1cncc(-c2cccnc2)c1.CC.CC. The van der Waals surface area contributed by atoms with Crippen LogP contribution < -0.4 is 21.3 Å². The van der Waals surface area contributed by atoms with Crippen LogP contribution in [0.2, 0.25) is 0 Å². The van der Waals surface area contributed by atoms with Crippen molar-refractivity contribution in [2.45, 2.75) is 73.3 Å². The lowest BCUT2D eigenvalue weighted by Crippen LogP contribution is -2.36. The summed E-state index contributed by atoms with van der Waals surface area (Å²) in [6.07, 6.45) is 27.3. The molecular weight excluding hydrogens is 815 g/mol. The van der Waals surface area contributed by atoms with Crippen molar-refractivity contribution in [3.8, 4) is 11.1 Å². The molecule has 4 N–H and O–H groups in total. The summed E-state index contributed by atoms with van der Waals surface area (Å²) in [6.45, 7) is 24.5. The maximum absolute atomic E-state index is 13.0. The Morgan fingerprint density at radius 3 is 2.00 bits per heavy atom. The number of allylic oxidation sites excluding steroid dienone is 5. The topological polar surface area (TPSA) is 180 Å². The fraction of sp³-hybridized carbons (Fsp3) is 0.288. The van der Waals surface area contributed by atoms with Crippen LogP contribution in [0.3, 0.4) is 0 Å². The summed E-state index contributed by atoms with van der Waals surface area (Å²) in [5.74, 6) is -0.706. The van der Waals surface area contributed by atoms with Crippen molar-refractivity contribution in [1.29, 1.82) is 0 Å². The van der Waals surface area contributed by atoms with Crippen LogP contribution in [0.15, 0.2) is 146 Å². The highest BCUT2D eigenvalue weighted by Gasteiger charge is 2.15. The summed E-state index contributed by atoms with van der Waals surface area (Å²) in [7, 11) is 1.89. The van der Waals surface area contributed by atoms with Gasteiger partial charge >= 0.3 is 0 Å². The minimum Gasteiger partial charge on any atom is -0.352 e. The Hall–Kier alpha value is -7.25. The summed E-state index contributed by atoms with van der Waals surface area (Å²) in [5, 5.41) is 11.4. The zero-order valence-corrected chi connectivity index (χ0v) is 39.1. The van der Waals surface area contributed by atoms with E-state index in [-0.39, 0.29) is 11.8 Å². The number of aromatic nitrogens is 4. The number of nitrogens with one attached hydrogen (secondary N) is 4. The fourth-order valence-electron chi connectivity index (χ4n) is 5.53. The average molecular weight is 882 g/mol. The van der Waals surface area contributed by atoms with Crippen molar-refractivity contribution in [3.63, 3.8) is 0 Å². The van der Waals surface area contributed by atoms with Gasteiger partial charge in [0.05, 0.1) is 11.6 Å². The first kappa shape index (κ1) is 55.8. The molecule has 0 bridgehead atoms. The maximum Gasteiger partial charge on any atom is 0.253 e. The second kappa shape index (κ2) is 34.3. The Bertz CT molecular complexity index is 2220. The molecule has 0 saturated carbocycles. The van der Waals surface area contributed by atoms with Crippen molar-refractivity contribution in [1.82, 2.24) is 41.2 Å². The van der Waals surface area contributed by atoms with Crippen LogP contribution in [-0.2, 0) is 14.4 Å². The van der Waals surface area contributed by atoms with Crippen LogP contribution in [0.5, 0.6) is 0 Å². The Morgan fingerprint density at radius 2 is 1.40 bits per heavy atom. The standard InChI is InChI=1S/C40H39N7O3.C8H16N2O.2C2H6/c1-4-30(34-19-35(25-44-24-34)32-11-9-16-43-23-32)18-31(5-2)39(49)46-17-7-6-12-38(28-48)47-40(50)37-20-36(26-45-27-37)33(22-41-3)14-13-29-10-8-15-42-21-29;1-7(2)8(11)10-6-4-5-9-3;2*1-2/h4-5,8-11,13-16,18-28,38H,1,3,6-7,12,17H2,2H3,(H,46,49)(H,47,50);9H,1,4-6H2,2-3H3,(H,10,11);2*1-2H3/b14-13+,30-18+,31-5+,33-22+;;;. The number of nitrogens with zero attached hydrogens (tertiary/aromatic N) is 5. The van der Waals surface area contributed by atoms with Gasteiger partial charge in [0.15, 0.2) is 0 Å². The molecule has 4 aromatic heterocycles. The van der Waals surface area contributed by atoms with E-state index in [1.807, 2.05) is 77.2 Å². The molecular formula is C52H67N9O4. The van der Waals surface area contributed by atoms with E-state index in [1.54, 1.807) is 87.7 Å². The monoisotopic (exact) mass is 882 g/mol. The molecule has 65 heavy (non-hydrogen) atoms. The molecule has 4 heterocycles. The van der Waals surface area contributed by atoms with E-state index in [0.29, 0.717) is 60.2 Å². The molecule has 0 fully saturated rings. The van der Waals surface area contributed by atoms with E-state index in [4.69, 9.17) is 0 Å². The summed E-state index contributed by atoms with van der Waals surface area (Å²) in [4.78, 5) is 69.5. The van der Waals surface area contributed by atoms with Crippen LogP contribution in [0.1, 0.15) is 94.3 Å². The van der Waals surface area contributed by atoms with E-state index in [0.717, 1.165) is 47.1 Å². The highest BCUT2D eigenvalue weighted by Crippen LogP contribution is 2.24. The molecule has 0 aliphatic heterocycles. The third-order valence-electron chi connectivity index (χ3n) is 8.86. The van der Waals surface area contributed by atoms with Gasteiger partial charge in [0, 0.05) is 108 Å². The first-order valence-corrected chi connectivity index (χ1v) is 21.8. The fourth-order valence-corrected chi connectivity index (χ4v) is 5.53. The lowest BCUT2D eigenvalue weighted by molar-refractivity contribution is -0.118. The zero-order valence-electron chi connectivity index (χ0n) is 39.1. The van der Waals surface area contributed by atoms with Gasteiger partial charge < -0.3 is 26.1 Å². The van der Waals surface area contributed by atoms with Crippen LogP contribution in [-0.4, -0.2) is 83.4 Å². The molecule has 0 aromatic carbocycles. The molecule has 3 amide bonds. The Balaban J connectivity index is 0.00000122. The van der Waals surface area contributed by atoms with Gasteiger partial charge in [-0.05, 0) is 101 Å². The molecule has 0 spiro atoms.